The standard InChI is InChI=1S/C24H26I2N4O3/c1-14(2)21(24(32)33-3)30-22-18-6-4-5-7-19(18)28-20(29-22)13-27-23(31)17-9-15(11-25)8-16(10-17)12-26/h4-10,14,21H,11-13H2,1-3H3,(H,27,31)(H,28,29,30)/t21-/m0/s1. The van der Waals surface area contributed by atoms with Crippen LogP contribution in [0.15, 0.2) is 42.5 Å². The Morgan fingerprint density at radius 3 is 2.30 bits per heavy atom. The molecule has 9 heteroatoms. The molecule has 2 aromatic carbocycles. The van der Waals surface area contributed by atoms with E-state index in [2.05, 4.69) is 71.8 Å². The van der Waals surface area contributed by atoms with E-state index in [4.69, 9.17) is 4.74 Å². The van der Waals surface area contributed by atoms with Crippen LogP contribution in [0.4, 0.5) is 5.82 Å². The summed E-state index contributed by atoms with van der Waals surface area (Å²) in [5.41, 5.74) is 3.59. The number of rotatable bonds is 9. The molecule has 2 N–H and O–H groups in total. The number of para-hydroxylation sites is 1. The van der Waals surface area contributed by atoms with Crippen LogP contribution in [0.5, 0.6) is 0 Å². The number of hydrogen-bond acceptors (Lipinski definition) is 6. The van der Waals surface area contributed by atoms with Crippen LogP contribution in [0.3, 0.4) is 0 Å². The van der Waals surface area contributed by atoms with E-state index in [1.54, 1.807) is 0 Å². The van der Waals surface area contributed by atoms with Gasteiger partial charge >= 0.3 is 5.97 Å². The van der Waals surface area contributed by atoms with Crippen molar-refractivity contribution in [2.24, 2.45) is 5.92 Å². The number of hydrogen-bond donors (Lipinski definition) is 2. The first-order chi connectivity index (χ1) is 15.9. The van der Waals surface area contributed by atoms with Crippen molar-refractivity contribution in [1.29, 1.82) is 0 Å². The van der Waals surface area contributed by atoms with Crippen LogP contribution in [0.25, 0.3) is 10.9 Å². The van der Waals surface area contributed by atoms with Gasteiger partial charge in [-0.2, -0.15) is 0 Å². The maximum absolute atomic E-state index is 12.8. The molecule has 174 valence electrons. The summed E-state index contributed by atoms with van der Waals surface area (Å²) in [6.45, 7) is 4.04. The van der Waals surface area contributed by atoms with Crippen LogP contribution in [-0.4, -0.2) is 35.0 Å². The summed E-state index contributed by atoms with van der Waals surface area (Å²) >= 11 is 4.59. The average molecular weight is 672 g/mol. The lowest BCUT2D eigenvalue weighted by Gasteiger charge is -2.21. The predicted molar refractivity (Wildman–Crippen MR) is 147 cm³/mol. The number of nitrogens with zero attached hydrogens (tertiary/aromatic N) is 2. The van der Waals surface area contributed by atoms with Gasteiger partial charge in [0.15, 0.2) is 5.82 Å². The van der Waals surface area contributed by atoms with Crippen LogP contribution in [-0.2, 0) is 24.9 Å². The molecule has 0 radical (unpaired) electrons. The fraction of sp³-hybridized carbons (Fsp3) is 0.333. The number of benzene rings is 2. The largest absolute Gasteiger partial charge is 0.467 e. The molecule has 1 heterocycles. The van der Waals surface area contributed by atoms with Crippen molar-refractivity contribution in [3.63, 3.8) is 0 Å². The van der Waals surface area contributed by atoms with Crippen molar-refractivity contribution < 1.29 is 14.3 Å². The van der Waals surface area contributed by atoms with Gasteiger partial charge in [0.25, 0.3) is 5.91 Å². The first-order valence-corrected chi connectivity index (χ1v) is 13.5. The molecule has 3 aromatic rings. The molecule has 0 bridgehead atoms. The molecule has 7 nitrogen and oxygen atoms in total. The molecule has 1 atom stereocenters. The quantitative estimate of drug-likeness (QED) is 0.188. The van der Waals surface area contributed by atoms with Gasteiger partial charge in [0.1, 0.15) is 11.9 Å². The summed E-state index contributed by atoms with van der Waals surface area (Å²) < 4.78 is 6.62. The van der Waals surface area contributed by atoms with E-state index >= 15 is 0 Å². The number of halogens is 2. The Hall–Kier alpha value is -2.02. The van der Waals surface area contributed by atoms with E-state index in [1.807, 2.05) is 50.2 Å². The van der Waals surface area contributed by atoms with Gasteiger partial charge in [-0.3, -0.25) is 4.79 Å². The van der Waals surface area contributed by atoms with Gasteiger partial charge < -0.3 is 15.4 Å². The number of ether oxygens (including phenoxy) is 1. The summed E-state index contributed by atoms with van der Waals surface area (Å²) in [6, 6.07) is 13.0. The fourth-order valence-electron chi connectivity index (χ4n) is 3.40. The van der Waals surface area contributed by atoms with Gasteiger partial charge in [-0.05, 0) is 41.3 Å². The SMILES string of the molecule is COC(=O)[C@@H](Nc1nc(CNC(=O)c2cc(CI)cc(CI)c2)nc2ccccc12)C(C)C. The molecule has 0 aliphatic rings. The zero-order valence-electron chi connectivity index (χ0n) is 18.7. The molecule has 1 aromatic heterocycles. The van der Waals surface area contributed by atoms with Gasteiger partial charge in [-0.25, -0.2) is 14.8 Å². The van der Waals surface area contributed by atoms with Crippen molar-refractivity contribution >= 4 is 73.8 Å². The van der Waals surface area contributed by atoms with Gasteiger partial charge in [-0.15, -0.1) is 0 Å². The highest BCUT2D eigenvalue weighted by atomic mass is 127. The molecule has 0 aliphatic carbocycles. The van der Waals surface area contributed by atoms with Crippen LogP contribution in [0.2, 0.25) is 0 Å². The number of aromatic nitrogens is 2. The minimum atomic E-state index is -0.557. The Balaban J connectivity index is 1.87. The topological polar surface area (TPSA) is 93.2 Å². The summed E-state index contributed by atoms with van der Waals surface area (Å²) in [6.07, 6.45) is 0. The summed E-state index contributed by atoms with van der Waals surface area (Å²) in [4.78, 5) is 34.3. The van der Waals surface area contributed by atoms with Crippen molar-refractivity contribution in [2.45, 2.75) is 35.3 Å². The normalized spacial score (nSPS) is 11.9. The fourth-order valence-corrected chi connectivity index (χ4v) is 4.28. The molecule has 33 heavy (non-hydrogen) atoms. The Bertz CT molecular complexity index is 1130. The third kappa shape index (κ3) is 6.52. The third-order valence-electron chi connectivity index (χ3n) is 5.09. The number of anilines is 1. The number of carbonyl (C=O) groups is 2. The minimum absolute atomic E-state index is 0.00777. The molecule has 1 amide bonds. The number of alkyl halides is 2. The number of fused-ring (bicyclic) bond motifs is 1. The number of amides is 1. The maximum atomic E-state index is 12.8. The van der Waals surface area contributed by atoms with Gasteiger partial charge in [0.2, 0.25) is 0 Å². The molecule has 0 aliphatic heterocycles. The van der Waals surface area contributed by atoms with Crippen molar-refractivity contribution in [1.82, 2.24) is 15.3 Å². The lowest BCUT2D eigenvalue weighted by Crippen LogP contribution is -2.36. The Labute approximate surface area is 220 Å². The monoisotopic (exact) mass is 672 g/mol. The summed E-state index contributed by atoms with van der Waals surface area (Å²) in [7, 11) is 1.37. The average Bonchev–Trinajstić information content (AvgIpc) is 2.84. The first-order valence-electron chi connectivity index (χ1n) is 10.5. The first kappa shape index (κ1) is 25.6. The van der Waals surface area contributed by atoms with Crippen LogP contribution in [0.1, 0.15) is 41.2 Å². The Kier molecular flexibility index (Phi) is 9.24. The van der Waals surface area contributed by atoms with E-state index in [-0.39, 0.29) is 24.3 Å². The second-order valence-corrected chi connectivity index (χ2v) is 9.41. The van der Waals surface area contributed by atoms with Crippen LogP contribution in [0, 0.1) is 5.92 Å². The number of esters is 1. The summed E-state index contributed by atoms with van der Waals surface area (Å²) in [5.74, 6) is 0.452. The second kappa shape index (κ2) is 11.9. The molecule has 0 unspecified atom stereocenters. The van der Waals surface area contributed by atoms with Gasteiger partial charge in [0, 0.05) is 19.8 Å². The van der Waals surface area contributed by atoms with E-state index < -0.39 is 6.04 Å². The Morgan fingerprint density at radius 2 is 1.70 bits per heavy atom. The minimum Gasteiger partial charge on any atom is -0.467 e. The van der Waals surface area contributed by atoms with E-state index in [9.17, 15) is 9.59 Å². The smallest absolute Gasteiger partial charge is 0.328 e. The van der Waals surface area contributed by atoms with E-state index in [0.29, 0.717) is 17.2 Å². The van der Waals surface area contributed by atoms with Crippen molar-refractivity contribution in [2.75, 3.05) is 12.4 Å². The molecule has 0 spiro atoms. The third-order valence-corrected chi connectivity index (χ3v) is 6.86. The van der Waals surface area contributed by atoms with Crippen LogP contribution >= 0.6 is 45.2 Å². The second-order valence-electron chi connectivity index (χ2n) is 7.88. The molecule has 3 rings (SSSR count). The highest BCUT2D eigenvalue weighted by molar-refractivity contribution is 14.1. The zero-order valence-corrected chi connectivity index (χ0v) is 23.0. The number of nitrogens with one attached hydrogen (secondary N) is 2. The van der Waals surface area contributed by atoms with Gasteiger partial charge in [0.05, 0.1) is 19.2 Å². The maximum Gasteiger partial charge on any atom is 0.328 e. The predicted octanol–water partition coefficient (Wildman–Crippen LogP) is 5.04. The molecule has 0 fully saturated rings. The lowest BCUT2D eigenvalue weighted by atomic mass is 10.0. The van der Waals surface area contributed by atoms with Crippen molar-refractivity contribution in [3.8, 4) is 0 Å². The van der Waals surface area contributed by atoms with E-state index in [1.165, 1.54) is 7.11 Å². The molecular weight excluding hydrogens is 646 g/mol. The highest BCUT2D eigenvalue weighted by Gasteiger charge is 2.24. The Morgan fingerprint density at radius 1 is 1.03 bits per heavy atom. The zero-order chi connectivity index (χ0) is 24.0. The van der Waals surface area contributed by atoms with Gasteiger partial charge in [-0.1, -0.05) is 77.2 Å². The molecular formula is C24H26I2N4O3. The number of carbonyl (C=O) groups excluding carboxylic acids is 2. The van der Waals surface area contributed by atoms with Crippen molar-refractivity contribution in [3.05, 3.63) is 65.0 Å². The molecule has 0 saturated heterocycles. The highest BCUT2D eigenvalue weighted by Crippen LogP contribution is 2.23. The molecule has 0 saturated carbocycles. The lowest BCUT2D eigenvalue weighted by molar-refractivity contribution is -0.142. The van der Waals surface area contributed by atoms with E-state index in [0.717, 1.165) is 30.9 Å². The summed E-state index contributed by atoms with van der Waals surface area (Å²) in [5, 5.41) is 6.95. The van der Waals surface area contributed by atoms with Crippen LogP contribution < -0.4 is 10.6 Å². The number of methoxy groups -OCH3 is 1.